The van der Waals surface area contributed by atoms with Crippen molar-refractivity contribution in [2.24, 2.45) is 0 Å². The van der Waals surface area contributed by atoms with Crippen LogP contribution in [0.25, 0.3) is 10.8 Å². The molecule has 3 rings (SSSR count). The first kappa shape index (κ1) is 16.1. The summed E-state index contributed by atoms with van der Waals surface area (Å²) in [6.45, 7) is 0. The smallest absolute Gasteiger partial charge is 0.346 e. The molecule has 0 radical (unpaired) electrons. The summed E-state index contributed by atoms with van der Waals surface area (Å²) < 4.78 is 19.3. The number of rotatable bonds is 2. The van der Waals surface area contributed by atoms with Crippen LogP contribution < -0.4 is 4.74 Å². The summed E-state index contributed by atoms with van der Waals surface area (Å²) in [7, 11) is 0. The van der Waals surface area contributed by atoms with E-state index < -0.39 is 11.8 Å². The van der Waals surface area contributed by atoms with Gasteiger partial charge in [-0.2, -0.15) is 0 Å². The zero-order valence-electron chi connectivity index (χ0n) is 11.4. The molecule has 0 unspecified atom stereocenters. The van der Waals surface area contributed by atoms with Gasteiger partial charge in [0.15, 0.2) is 11.6 Å². The van der Waals surface area contributed by atoms with Gasteiger partial charge in [-0.1, -0.05) is 65.1 Å². The van der Waals surface area contributed by atoms with Gasteiger partial charge in [-0.3, -0.25) is 0 Å². The Balaban J connectivity index is 2.08. The molecule has 0 heterocycles. The van der Waals surface area contributed by atoms with E-state index >= 15 is 0 Å². The van der Waals surface area contributed by atoms with Crippen molar-refractivity contribution in [3.63, 3.8) is 0 Å². The third kappa shape index (κ3) is 3.00. The molecule has 0 amide bonds. The molecular formula is C17H8Cl3FO2. The molecule has 2 nitrogen and oxygen atoms in total. The van der Waals surface area contributed by atoms with E-state index in [1.807, 2.05) is 0 Å². The van der Waals surface area contributed by atoms with Crippen LogP contribution >= 0.6 is 34.8 Å². The van der Waals surface area contributed by atoms with Gasteiger partial charge in [0.25, 0.3) is 0 Å². The monoisotopic (exact) mass is 368 g/mol. The molecule has 0 spiro atoms. The zero-order chi connectivity index (χ0) is 16.6. The highest BCUT2D eigenvalue weighted by atomic mass is 35.5. The molecule has 0 N–H and O–H groups in total. The first-order valence-corrected chi connectivity index (χ1v) is 7.65. The van der Waals surface area contributed by atoms with Gasteiger partial charge in [0.2, 0.25) is 0 Å². The Hall–Kier alpha value is -1.81. The molecule has 6 heteroatoms. The van der Waals surface area contributed by atoms with E-state index in [1.165, 1.54) is 24.3 Å². The van der Waals surface area contributed by atoms with Gasteiger partial charge >= 0.3 is 5.97 Å². The minimum Gasteiger partial charge on any atom is -0.421 e. The number of carbonyl (C=O) groups excluding carboxylic acids is 1. The standard InChI is InChI=1S/C17H8Cl3FO2/c18-12-7-3-6-11(15(12)21)17(22)23-16-10-5-2-1-4-9(10)13(19)8-14(16)20/h1-8H. The summed E-state index contributed by atoms with van der Waals surface area (Å²) >= 11 is 17.9. The Bertz CT molecular complexity index is 925. The molecule has 0 saturated heterocycles. The van der Waals surface area contributed by atoms with Crippen LogP contribution in [0.5, 0.6) is 5.75 Å². The predicted octanol–water partition coefficient (Wildman–Crippen LogP) is 6.16. The first-order chi connectivity index (χ1) is 11.0. The molecule has 0 atom stereocenters. The van der Waals surface area contributed by atoms with Crippen molar-refractivity contribution in [3.05, 3.63) is 75.0 Å². The Labute approximate surface area is 146 Å². The normalized spacial score (nSPS) is 10.8. The molecule has 3 aromatic rings. The van der Waals surface area contributed by atoms with Crippen LogP contribution in [-0.4, -0.2) is 5.97 Å². The summed E-state index contributed by atoms with van der Waals surface area (Å²) in [4.78, 5) is 12.3. The zero-order valence-corrected chi connectivity index (χ0v) is 13.7. The van der Waals surface area contributed by atoms with E-state index in [0.717, 1.165) is 0 Å². The van der Waals surface area contributed by atoms with E-state index in [0.29, 0.717) is 15.8 Å². The fourth-order valence-corrected chi connectivity index (χ4v) is 2.94. The second kappa shape index (κ2) is 6.36. The van der Waals surface area contributed by atoms with Crippen molar-refractivity contribution in [1.29, 1.82) is 0 Å². The molecule has 0 aliphatic heterocycles. The maximum atomic E-state index is 13.9. The molecule has 0 aromatic heterocycles. The Morgan fingerprint density at radius 3 is 2.30 bits per heavy atom. The van der Waals surface area contributed by atoms with E-state index in [1.54, 1.807) is 24.3 Å². The lowest BCUT2D eigenvalue weighted by Crippen LogP contribution is -2.11. The minimum atomic E-state index is -0.889. The quantitative estimate of drug-likeness (QED) is 0.399. The van der Waals surface area contributed by atoms with Crippen LogP contribution in [0.3, 0.4) is 0 Å². The Morgan fingerprint density at radius 1 is 0.870 bits per heavy atom. The molecule has 23 heavy (non-hydrogen) atoms. The topological polar surface area (TPSA) is 26.3 Å². The van der Waals surface area contributed by atoms with Gasteiger partial charge in [-0.15, -0.1) is 0 Å². The third-order valence-corrected chi connectivity index (χ3v) is 4.15. The summed E-state index contributed by atoms with van der Waals surface area (Å²) in [5.41, 5.74) is -0.271. The van der Waals surface area contributed by atoms with Crippen molar-refractivity contribution in [1.82, 2.24) is 0 Å². The average molecular weight is 370 g/mol. The maximum absolute atomic E-state index is 13.9. The van der Waals surface area contributed by atoms with Crippen molar-refractivity contribution < 1.29 is 13.9 Å². The van der Waals surface area contributed by atoms with Crippen LogP contribution in [0.1, 0.15) is 10.4 Å². The summed E-state index contributed by atoms with van der Waals surface area (Å²) in [5, 5.41) is 1.66. The van der Waals surface area contributed by atoms with Crippen molar-refractivity contribution >= 4 is 51.5 Å². The van der Waals surface area contributed by atoms with E-state index in [4.69, 9.17) is 39.5 Å². The van der Waals surface area contributed by atoms with Crippen LogP contribution in [0.4, 0.5) is 4.39 Å². The molecule has 0 bridgehead atoms. The lowest BCUT2D eigenvalue weighted by Gasteiger charge is -2.11. The van der Waals surface area contributed by atoms with Crippen molar-refractivity contribution in [2.45, 2.75) is 0 Å². The summed E-state index contributed by atoms with van der Waals surface area (Å²) in [6, 6.07) is 12.6. The molecule has 0 aliphatic carbocycles. The SMILES string of the molecule is O=C(Oc1c(Cl)cc(Cl)c2ccccc12)c1cccc(Cl)c1F. The molecule has 0 fully saturated rings. The van der Waals surface area contributed by atoms with Gasteiger partial charge in [0.1, 0.15) is 0 Å². The minimum absolute atomic E-state index is 0.121. The molecule has 3 aromatic carbocycles. The van der Waals surface area contributed by atoms with E-state index in [-0.39, 0.29) is 21.4 Å². The summed E-state index contributed by atoms with van der Waals surface area (Å²) in [6.07, 6.45) is 0. The van der Waals surface area contributed by atoms with Gasteiger partial charge in [-0.25, -0.2) is 9.18 Å². The second-order valence-electron chi connectivity index (χ2n) is 4.71. The summed E-state index contributed by atoms with van der Waals surface area (Å²) in [5.74, 6) is -1.61. The number of halogens is 4. The molecular weight excluding hydrogens is 362 g/mol. The molecule has 116 valence electrons. The number of benzene rings is 3. The molecule has 0 saturated carbocycles. The van der Waals surface area contributed by atoms with Gasteiger partial charge in [0, 0.05) is 10.8 Å². The second-order valence-corrected chi connectivity index (χ2v) is 5.93. The Kier molecular flexibility index (Phi) is 4.44. The Morgan fingerprint density at radius 2 is 1.57 bits per heavy atom. The number of hydrogen-bond donors (Lipinski definition) is 0. The van der Waals surface area contributed by atoms with Crippen LogP contribution in [0.15, 0.2) is 48.5 Å². The largest absolute Gasteiger partial charge is 0.421 e. The average Bonchev–Trinajstić information content (AvgIpc) is 2.54. The first-order valence-electron chi connectivity index (χ1n) is 6.52. The van der Waals surface area contributed by atoms with Crippen molar-refractivity contribution in [3.8, 4) is 5.75 Å². The van der Waals surface area contributed by atoms with Crippen LogP contribution in [0, 0.1) is 5.82 Å². The number of esters is 1. The number of fused-ring (bicyclic) bond motifs is 1. The van der Waals surface area contributed by atoms with Crippen LogP contribution in [-0.2, 0) is 0 Å². The van der Waals surface area contributed by atoms with Crippen LogP contribution in [0.2, 0.25) is 15.1 Å². The highest BCUT2D eigenvalue weighted by molar-refractivity contribution is 6.40. The highest BCUT2D eigenvalue weighted by Gasteiger charge is 2.19. The highest BCUT2D eigenvalue weighted by Crippen LogP contribution is 2.38. The molecule has 0 aliphatic rings. The fourth-order valence-electron chi connectivity index (χ4n) is 2.19. The van der Waals surface area contributed by atoms with Crippen molar-refractivity contribution in [2.75, 3.05) is 0 Å². The number of ether oxygens (including phenoxy) is 1. The predicted molar refractivity (Wildman–Crippen MR) is 90.3 cm³/mol. The number of carbonyl (C=O) groups is 1. The van der Waals surface area contributed by atoms with Gasteiger partial charge in [0.05, 0.1) is 20.6 Å². The number of hydrogen-bond acceptors (Lipinski definition) is 2. The lowest BCUT2D eigenvalue weighted by molar-refractivity contribution is 0.0732. The van der Waals surface area contributed by atoms with E-state index in [2.05, 4.69) is 0 Å². The van der Waals surface area contributed by atoms with E-state index in [9.17, 15) is 9.18 Å². The lowest BCUT2D eigenvalue weighted by atomic mass is 10.1. The maximum Gasteiger partial charge on any atom is 0.346 e. The third-order valence-electron chi connectivity index (χ3n) is 3.27. The van der Waals surface area contributed by atoms with Gasteiger partial charge in [-0.05, 0) is 18.2 Å². The fraction of sp³-hybridized carbons (Fsp3) is 0. The van der Waals surface area contributed by atoms with Gasteiger partial charge < -0.3 is 4.74 Å².